The molecule has 0 aliphatic heterocycles. The number of hydrogen-bond acceptors (Lipinski definition) is 3. The van der Waals surface area contributed by atoms with Gasteiger partial charge >= 0.3 is 0 Å². The van der Waals surface area contributed by atoms with Crippen molar-refractivity contribution in [3.05, 3.63) is 58.6 Å². The van der Waals surface area contributed by atoms with E-state index in [0.29, 0.717) is 22.9 Å². The van der Waals surface area contributed by atoms with Gasteiger partial charge in [0, 0.05) is 18.6 Å². The van der Waals surface area contributed by atoms with Gasteiger partial charge < -0.3 is 14.7 Å². The Morgan fingerprint density at radius 3 is 2.52 bits per heavy atom. The maximum absolute atomic E-state index is 12.5. The minimum Gasteiger partial charge on any atom is -0.508 e. The van der Waals surface area contributed by atoms with Crippen LogP contribution in [0.2, 0.25) is 5.02 Å². The van der Waals surface area contributed by atoms with Gasteiger partial charge in [-0.2, -0.15) is 0 Å². The number of hydrogen-bond donors (Lipinski definition) is 1. The zero-order valence-electron chi connectivity index (χ0n) is 11.8. The largest absolute Gasteiger partial charge is 0.508 e. The van der Waals surface area contributed by atoms with Crippen molar-refractivity contribution in [2.24, 2.45) is 0 Å². The molecule has 21 heavy (non-hydrogen) atoms. The van der Waals surface area contributed by atoms with Gasteiger partial charge in [-0.3, -0.25) is 4.79 Å². The Balaban J connectivity index is 2.17. The van der Waals surface area contributed by atoms with Crippen molar-refractivity contribution in [2.75, 3.05) is 14.2 Å². The number of phenols is 1. The van der Waals surface area contributed by atoms with Crippen LogP contribution < -0.4 is 4.74 Å². The molecular formula is C16H16ClNO3. The highest BCUT2D eigenvalue weighted by molar-refractivity contribution is 6.30. The molecule has 1 N–H and O–H groups in total. The summed E-state index contributed by atoms with van der Waals surface area (Å²) in [5, 5.41) is 9.78. The van der Waals surface area contributed by atoms with Crippen LogP contribution in [-0.2, 0) is 6.54 Å². The lowest BCUT2D eigenvalue weighted by Crippen LogP contribution is -2.26. The van der Waals surface area contributed by atoms with E-state index in [-0.39, 0.29) is 11.7 Å². The minimum atomic E-state index is -0.156. The Labute approximate surface area is 128 Å². The zero-order chi connectivity index (χ0) is 15.4. The highest BCUT2D eigenvalue weighted by Crippen LogP contribution is 2.24. The number of carbonyl (C=O) groups excluding carboxylic acids is 1. The summed E-state index contributed by atoms with van der Waals surface area (Å²) >= 11 is 5.90. The summed E-state index contributed by atoms with van der Waals surface area (Å²) < 4.78 is 5.20. The number of amides is 1. The molecule has 5 heteroatoms. The maximum Gasteiger partial charge on any atom is 0.257 e. The smallest absolute Gasteiger partial charge is 0.257 e. The predicted octanol–water partition coefficient (Wildman–Crippen LogP) is 3.33. The molecule has 2 rings (SSSR count). The first-order chi connectivity index (χ1) is 10.0. The van der Waals surface area contributed by atoms with E-state index in [1.165, 1.54) is 7.11 Å². The molecule has 110 valence electrons. The minimum absolute atomic E-state index is 0.156. The lowest BCUT2D eigenvalue weighted by molar-refractivity contribution is 0.0781. The third-order valence-electron chi connectivity index (χ3n) is 3.10. The predicted molar refractivity (Wildman–Crippen MR) is 81.9 cm³/mol. The first-order valence-corrected chi connectivity index (χ1v) is 6.76. The van der Waals surface area contributed by atoms with E-state index >= 15 is 0 Å². The Bertz CT molecular complexity index is 640. The van der Waals surface area contributed by atoms with Gasteiger partial charge in [0.25, 0.3) is 5.91 Å². The summed E-state index contributed by atoms with van der Waals surface area (Å²) in [7, 11) is 3.21. The second-order valence-electron chi connectivity index (χ2n) is 4.67. The second-order valence-corrected chi connectivity index (χ2v) is 5.11. The summed E-state index contributed by atoms with van der Waals surface area (Å²) in [6, 6.07) is 11.7. The SMILES string of the molecule is COc1cc(Cl)ccc1C(=O)N(C)Cc1ccc(O)cc1. The van der Waals surface area contributed by atoms with Crippen molar-refractivity contribution in [1.82, 2.24) is 4.90 Å². The summed E-state index contributed by atoms with van der Waals surface area (Å²) in [4.78, 5) is 14.0. The zero-order valence-corrected chi connectivity index (χ0v) is 12.6. The van der Waals surface area contributed by atoms with E-state index in [2.05, 4.69) is 0 Å². The lowest BCUT2D eigenvalue weighted by Gasteiger charge is -2.19. The number of phenolic OH excluding ortho intramolecular Hbond substituents is 1. The number of carbonyl (C=O) groups is 1. The summed E-state index contributed by atoms with van der Waals surface area (Å²) in [6.45, 7) is 0.435. The van der Waals surface area contributed by atoms with Gasteiger partial charge in [-0.25, -0.2) is 0 Å². The topological polar surface area (TPSA) is 49.8 Å². The Hall–Kier alpha value is -2.20. The number of benzene rings is 2. The second kappa shape index (κ2) is 6.50. The van der Waals surface area contributed by atoms with Crippen LogP contribution in [0.15, 0.2) is 42.5 Å². The first kappa shape index (κ1) is 15.2. The Morgan fingerprint density at radius 1 is 1.24 bits per heavy atom. The number of ether oxygens (including phenoxy) is 1. The van der Waals surface area contributed by atoms with Gasteiger partial charge in [-0.1, -0.05) is 23.7 Å². The normalized spacial score (nSPS) is 10.2. The molecule has 1 amide bonds. The van der Waals surface area contributed by atoms with Crippen molar-refractivity contribution >= 4 is 17.5 Å². The van der Waals surface area contributed by atoms with Crippen LogP contribution in [-0.4, -0.2) is 30.1 Å². The molecule has 0 aliphatic rings. The number of rotatable bonds is 4. The molecule has 0 spiro atoms. The molecule has 2 aromatic rings. The average molecular weight is 306 g/mol. The van der Waals surface area contributed by atoms with E-state index in [4.69, 9.17) is 16.3 Å². The number of aromatic hydroxyl groups is 1. The maximum atomic E-state index is 12.5. The highest BCUT2D eigenvalue weighted by atomic mass is 35.5. The van der Waals surface area contributed by atoms with Crippen LogP contribution in [0.4, 0.5) is 0 Å². The van der Waals surface area contributed by atoms with Crippen LogP contribution in [0.25, 0.3) is 0 Å². The molecule has 0 saturated carbocycles. The highest BCUT2D eigenvalue weighted by Gasteiger charge is 2.17. The molecule has 0 saturated heterocycles. The van der Waals surface area contributed by atoms with Crippen LogP contribution in [0.3, 0.4) is 0 Å². The number of halogens is 1. The molecule has 0 aliphatic carbocycles. The summed E-state index contributed by atoms with van der Waals surface area (Å²) in [5.74, 6) is 0.494. The third kappa shape index (κ3) is 3.67. The van der Waals surface area contributed by atoms with Crippen molar-refractivity contribution in [3.63, 3.8) is 0 Å². The fourth-order valence-corrected chi connectivity index (χ4v) is 2.16. The lowest BCUT2D eigenvalue weighted by atomic mass is 10.1. The van der Waals surface area contributed by atoms with Gasteiger partial charge in [-0.15, -0.1) is 0 Å². The molecule has 0 unspecified atom stereocenters. The van der Waals surface area contributed by atoms with Gasteiger partial charge in [0.1, 0.15) is 11.5 Å². The Kier molecular flexibility index (Phi) is 4.70. The number of nitrogens with zero attached hydrogens (tertiary/aromatic N) is 1. The summed E-state index contributed by atoms with van der Waals surface area (Å²) in [5.41, 5.74) is 1.39. The van der Waals surface area contributed by atoms with Gasteiger partial charge in [-0.05, 0) is 35.9 Å². The molecule has 0 atom stereocenters. The van der Waals surface area contributed by atoms with Crippen LogP contribution in [0.5, 0.6) is 11.5 Å². The molecule has 0 radical (unpaired) electrons. The molecule has 0 heterocycles. The fourth-order valence-electron chi connectivity index (χ4n) is 1.99. The van der Waals surface area contributed by atoms with Crippen molar-refractivity contribution in [3.8, 4) is 11.5 Å². The average Bonchev–Trinajstić information content (AvgIpc) is 2.48. The van der Waals surface area contributed by atoms with Gasteiger partial charge in [0.2, 0.25) is 0 Å². The first-order valence-electron chi connectivity index (χ1n) is 6.38. The van der Waals surface area contributed by atoms with Gasteiger partial charge in [0.05, 0.1) is 12.7 Å². The van der Waals surface area contributed by atoms with Crippen LogP contribution in [0.1, 0.15) is 15.9 Å². The van der Waals surface area contributed by atoms with Crippen molar-refractivity contribution in [2.45, 2.75) is 6.54 Å². The molecule has 0 fully saturated rings. The molecule has 2 aromatic carbocycles. The molecule has 0 bridgehead atoms. The standard InChI is InChI=1S/C16H16ClNO3/c1-18(10-11-3-6-13(19)7-4-11)16(20)14-8-5-12(17)9-15(14)21-2/h3-9,19H,10H2,1-2H3. The Morgan fingerprint density at radius 2 is 1.90 bits per heavy atom. The van der Waals surface area contributed by atoms with Crippen molar-refractivity contribution < 1.29 is 14.6 Å². The number of methoxy groups -OCH3 is 1. The van der Waals surface area contributed by atoms with Crippen molar-refractivity contribution in [1.29, 1.82) is 0 Å². The molecular weight excluding hydrogens is 290 g/mol. The van der Waals surface area contributed by atoms with E-state index in [1.807, 2.05) is 0 Å². The van der Waals surface area contributed by atoms with Crippen LogP contribution in [0, 0.1) is 0 Å². The third-order valence-corrected chi connectivity index (χ3v) is 3.33. The van der Waals surface area contributed by atoms with E-state index in [1.54, 1.807) is 54.4 Å². The quantitative estimate of drug-likeness (QED) is 0.942. The molecule has 4 nitrogen and oxygen atoms in total. The van der Waals surface area contributed by atoms with Crippen LogP contribution >= 0.6 is 11.6 Å². The molecule has 0 aromatic heterocycles. The van der Waals surface area contributed by atoms with E-state index in [0.717, 1.165) is 5.56 Å². The van der Waals surface area contributed by atoms with E-state index in [9.17, 15) is 9.90 Å². The van der Waals surface area contributed by atoms with E-state index < -0.39 is 0 Å². The monoisotopic (exact) mass is 305 g/mol. The van der Waals surface area contributed by atoms with Gasteiger partial charge in [0.15, 0.2) is 0 Å². The summed E-state index contributed by atoms with van der Waals surface area (Å²) in [6.07, 6.45) is 0. The fraction of sp³-hybridized carbons (Fsp3) is 0.188.